The SMILES string of the molecule is O=C1c2cnc3n[nH]c(-c4ccncc4)c3c2C(=O)N1c1cccc([N+](=O)[O-])c1. The van der Waals surface area contributed by atoms with Crippen LogP contribution in [0.3, 0.4) is 0 Å². The Balaban J connectivity index is 1.71. The van der Waals surface area contributed by atoms with E-state index in [0.717, 1.165) is 10.5 Å². The zero-order valence-corrected chi connectivity index (χ0v) is 14.6. The van der Waals surface area contributed by atoms with E-state index in [1.54, 1.807) is 24.5 Å². The molecule has 0 spiro atoms. The number of nitro groups is 1. The smallest absolute Gasteiger partial charge is 0.271 e. The van der Waals surface area contributed by atoms with Crippen molar-refractivity contribution in [2.24, 2.45) is 0 Å². The van der Waals surface area contributed by atoms with Gasteiger partial charge in [-0.1, -0.05) is 6.07 Å². The van der Waals surface area contributed by atoms with E-state index in [9.17, 15) is 19.7 Å². The maximum atomic E-state index is 13.2. The second-order valence-electron chi connectivity index (χ2n) is 6.30. The second-order valence-corrected chi connectivity index (χ2v) is 6.30. The quantitative estimate of drug-likeness (QED) is 0.325. The van der Waals surface area contributed by atoms with E-state index in [0.29, 0.717) is 11.1 Å². The summed E-state index contributed by atoms with van der Waals surface area (Å²) in [7, 11) is 0. The average molecular weight is 386 g/mol. The Morgan fingerprint density at radius 3 is 2.62 bits per heavy atom. The van der Waals surface area contributed by atoms with Crippen molar-refractivity contribution >= 4 is 34.2 Å². The third-order valence-corrected chi connectivity index (χ3v) is 4.70. The maximum absolute atomic E-state index is 13.2. The van der Waals surface area contributed by atoms with Crippen LogP contribution in [0.1, 0.15) is 20.7 Å². The van der Waals surface area contributed by atoms with Crippen molar-refractivity contribution in [2.75, 3.05) is 4.90 Å². The van der Waals surface area contributed by atoms with Crippen LogP contribution in [0.15, 0.2) is 55.0 Å². The van der Waals surface area contributed by atoms with Gasteiger partial charge in [-0.2, -0.15) is 5.10 Å². The predicted molar refractivity (Wildman–Crippen MR) is 101 cm³/mol. The highest BCUT2D eigenvalue weighted by molar-refractivity contribution is 6.38. The average Bonchev–Trinajstić information content (AvgIpc) is 3.28. The summed E-state index contributed by atoms with van der Waals surface area (Å²) in [5.74, 6) is -1.18. The molecule has 29 heavy (non-hydrogen) atoms. The Morgan fingerprint density at radius 1 is 1.07 bits per heavy atom. The summed E-state index contributed by atoms with van der Waals surface area (Å²) >= 11 is 0. The van der Waals surface area contributed by atoms with Crippen LogP contribution in [0.2, 0.25) is 0 Å². The summed E-state index contributed by atoms with van der Waals surface area (Å²) in [5.41, 5.74) is 1.73. The minimum Gasteiger partial charge on any atom is -0.275 e. The van der Waals surface area contributed by atoms with Crippen LogP contribution in [0.5, 0.6) is 0 Å². The maximum Gasteiger partial charge on any atom is 0.271 e. The zero-order chi connectivity index (χ0) is 20.1. The van der Waals surface area contributed by atoms with Crippen LogP contribution in [0.4, 0.5) is 11.4 Å². The summed E-state index contributed by atoms with van der Waals surface area (Å²) in [4.78, 5) is 45.8. The summed E-state index contributed by atoms with van der Waals surface area (Å²) < 4.78 is 0. The van der Waals surface area contributed by atoms with Gasteiger partial charge < -0.3 is 0 Å². The summed E-state index contributed by atoms with van der Waals surface area (Å²) in [6.07, 6.45) is 4.49. The van der Waals surface area contributed by atoms with Gasteiger partial charge in [0.25, 0.3) is 17.5 Å². The molecule has 4 aromatic rings. The highest BCUT2D eigenvalue weighted by Gasteiger charge is 2.40. The lowest BCUT2D eigenvalue weighted by Gasteiger charge is -2.13. The Labute approximate surface area is 162 Å². The second kappa shape index (κ2) is 6.02. The zero-order valence-electron chi connectivity index (χ0n) is 14.6. The molecule has 1 aliphatic heterocycles. The van der Waals surface area contributed by atoms with Gasteiger partial charge in [0.05, 0.1) is 32.8 Å². The van der Waals surface area contributed by atoms with E-state index in [2.05, 4.69) is 20.2 Å². The van der Waals surface area contributed by atoms with Crippen LogP contribution >= 0.6 is 0 Å². The number of imide groups is 1. The number of carbonyl (C=O) groups is 2. The lowest BCUT2D eigenvalue weighted by Crippen LogP contribution is -2.29. The molecule has 1 aliphatic rings. The number of aromatic amines is 1. The monoisotopic (exact) mass is 386 g/mol. The fourth-order valence-corrected chi connectivity index (χ4v) is 3.40. The molecule has 10 nitrogen and oxygen atoms in total. The summed E-state index contributed by atoms with van der Waals surface area (Å²) in [5, 5.41) is 18.5. The molecule has 2 amide bonds. The molecule has 0 atom stereocenters. The minimum absolute atomic E-state index is 0.116. The van der Waals surface area contributed by atoms with Crippen molar-refractivity contribution in [3.8, 4) is 11.3 Å². The lowest BCUT2D eigenvalue weighted by molar-refractivity contribution is -0.384. The number of hydrogen-bond donors (Lipinski definition) is 1. The number of fused-ring (bicyclic) bond motifs is 3. The first-order valence-corrected chi connectivity index (χ1v) is 8.47. The van der Waals surface area contributed by atoms with Crippen LogP contribution in [-0.4, -0.2) is 36.9 Å². The van der Waals surface area contributed by atoms with E-state index in [1.807, 2.05) is 0 Å². The van der Waals surface area contributed by atoms with Crippen molar-refractivity contribution in [1.29, 1.82) is 0 Å². The van der Waals surface area contributed by atoms with E-state index in [1.165, 1.54) is 30.5 Å². The summed E-state index contributed by atoms with van der Waals surface area (Å²) in [6.45, 7) is 0. The number of amides is 2. The van der Waals surface area contributed by atoms with E-state index >= 15 is 0 Å². The van der Waals surface area contributed by atoms with Gasteiger partial charge in [-0.25, -0.2) is 9.88 Å². The molecule has 0 saturated carbocycles. The number of H-pyrrole nitrogens is 1. The van der Waals surface area contributed by atoms with Crippen molar-refractivity contribution in [3.05, 3.63) is 76.2 Å². The number of anilines is 1. The van der Waals surface area contributed by atoms with Gasteiger partial charge >= 0.3 is 0 Å². The first kappa shape index (κ1) is 16.7. The van der Waals surface area contributed by atoms with Crippen molar-refractivity contribution in [2.45, 2.75) is 0 Å². The topological polar surface area (TPSA) is 135 Å². The van der Waals surface area contributed by atoms with E-state index < -0.39 is 16.7 Å². The third kappa shape index (κ3) is 2.39. The van der Waals surface area contributed by atoms with E-state index in [-0.39, 0.29) is 28.1 Å². The molecule has 1 aromatic carbocycles. The van der Waals surface area contributed by atoms with Gasteiger partial charge in [0.2, 0.25) is 0 Å². The third-order valence-electron chi connectivity index (χ3n) is 4.70. The number of carbonyl (C=O) groups excluding carboxylic acids is 2. The molecule has 10 heteroatoms. The number of aromatic nitrogens is 4. The Kier molecular flexibility index (Phi) is 3.47. The molecule has 0 unspecified atom stereocenters. The van der Waals surface area contributed by atoms with Crippen molar-refractivity contribution < 1.29 is 14.5 Å². The van der Waals surface area contributed by atoms with Gasteiger partial charge in [-0.05, 0) is 18.2 Å². The number of pyridine rings is 2. The molecule has 0 radical (unpaired) electrons. The van der Waals surface area contributed by atoms with Gasteiger partial charge in [0.15, 0.2) is 5.65 Å². The Morgan fingerprint density at radius 2 is 1.86 bits per heavy atom. The van der Waals surface area contributed by atoms with Crippen molar-refractivity contribution in [3.63, 3.8) is 0 Å². The van der Waals surface area contributed by atoms with Gasteiger partial charge in [-0.15, -0.1) is 0 Å². The lowest BCUT2D eigenvalue weighted by atomic mass is 10.0. The number of nitrogens with zero attached hydrogens (tertiary/aromatic N) is 5. The molecule has 3 aromatic heterocycles. The minimum atomic E-state index is -0.596. The van der Waals surface area contributed by atoms with Crippen molar-refractivity contribution in [1.82, 2.24) is 20.2 Å². The highest BCUT2D eigenvalue weighted by atomic mass is 16.6. The molecule has 0 fully saturated rings. The van der Waals surface area contributed by atoms with Crippen LogP contribution in [-0.2, 0) is 0 Å². The molecule has 0 aliphatic carbocycles. The summed E-state index contributed by atoms with van der Waals surface area (Å²) in [6, 6.07) is 8.85. The molecule has 0 bridgehead atoms. The molecular weight excluding hydrogens is 376 g/mol. The molecule has 4 heterocycles. The molecule has 140 valence electrons. The number of rotatable bonds is 3. The first-order chi connectivity index (χ1) is 14.1. The standard InChI is InChI=1S/C19H10N6O4/c26-18-13-9-21-17-15(16(22-23-17)10-4-6-20-7-5-10)14(13)19(27)24(18)11-2-1-3-12(8-11)25(28)29/h1-9H,(H,21,22,23). The number of nitrogens with one attached hydrogen (secondary N) is 1. The van der Waals surface area contributed by atoms with Gasteiger partial charge in [0, 0.05) is 36.3 Å². The predicted octanol–water partition coefficient (Wildman–Crippen LogP) is 2.73. The Bertz CT molecular complexity index is 1330. The number of hydrogen-bond acceptors (Lipinski definition) is 7. The van der Waals surface area contributed by atoms with Crippen LogP contribution < -0.4 is 4.90 Å². The number of benzene rings is 1. The molecule has 1 N–H and O–H groups in total. The normalized spacial score (nSPS) is 13.2. The number of non-ortho nitro benzene ring substituents is 1. The number of nitro benzene ring substituents is 1. The fourth-order valence-electron chi connectivity index (χ4n) is 3.40. The molecule has 0 saturated heterocycles. The van der Waals surface area contributed by atoms with E-state index in [4.69, 9.17) is 0 Å². The first-order valence-electron chi connectivity index (χ1n) is 8.47. The largest absolute Gasteiger partial charge is 0.275 e. The van der Waals surface area contributed by atoms with Crippen LogP contribution in [0.25, 0.3) is 22.3 Å². The highest BCUT2D eigenvalue weighted by Crippen LogP contribution is 2.36. The Hall–Kier alpha value is -4.47. The molecular formula is C19H10N6O4. The van der Waals surface area contributed by atoms with Gasteiger partial charge in [-0.3, -0.25) is 29.8 Å². The molecule has 5 rings (SSSR count). The van der Waals surface area contributed by atoms with Crippen LogP contribution in [0, 0.1) is 10.1 Å². The van der Waals surface area contributed by atoms with Gasteiger partial charge in [0.1, 0.15) is 0 Å². The fraction of sp³-hybridized carbons (Fsp3) is 0.